The lowest BCUT2D eigenvalue weighted by Gasteiger charge is -2.17. The van der Waals surface area contributed by atoms with Crippen LogP contribution >= 0.6 is 11.6 Å². The minimum Gasteiger partial charge on any atom is -0.377 e. The molecule has 1 unspecified atom stereocenters. The van der Waals surface area contributed by atoms with Crippen molar-refractivity contribution in [2.45, 2.75) is 25.8 Å². The van der Waals surface area contributed by atoms with Crippen LogP contribution in [0.25, 0.3) is 0 Å². The van der Waals surface area contributed by atoms with Gasteiger partial charge in [0, 0.05) is 0 Å². The van der Waals surface area contributed by atoms with Gasteiger partial charge in [0.25, 0.3) is 0 Å². The Morgan fingerprint density at radius 2 is 2.16 bits per heavy atom. The number of hydrogen-bond donors (Lipinski definition) is 1. The largest absolute Gasteiger partial charge is 0.377 e. The lowest BCUT2D eigenvalue weighted by atomic mass is 10.1. The molecule has 0 aliphatic heterocycles. The van der Waals surface area contributed by atoms with Crippen molar-refractivity contribution in [1.82, 2.24) is 4.98 Å². The van der Waals surface area contributed by atoms with E-state index in [9.17, 15) is 4.39 Å². The second-order valence-corrected chi connectivity index (χ2v) is 5.23. The Labute approximate surface area is 116 Å². The van der Waals surface area contributed by atoms with Gasteiger partial charge in [-0.1, -0.05) is 17.7 Å². The molecule has 1 aromatic heterocycles. The van der Waals surface area contributed by atoms with E-state index in [1.165, 1.54) is 11.6 Å². The minimum absolute atomic E-state index is 0.163. The second kappa shape index (κ2) is 4.82. The number of nitrogens with zero attached hydrogens (tertiary/aromatic N) is 1. The number of nitrogens with one attached hydrogen (secondary N) is 1. The molecule has 98 valence electrons. The van der Waals surface area contributed by atoms with Gasteiger partial charge in [0.2, 0.25) is 0 Å². The van der Waals surface area contributed by atoms with Crippen LogP contribution in [0.3, 0.4) is 0 Å². The molecule has 0 radical (unpaired) electrons. The first-order valence-electron chi connectivity index (χ1n) is 6.31. The highest BCUT2D eigenvalue weighted by molar-refractivity contribution is 6.29. The molecule has 0 spiro atoms. The lowest BCUT2D eigenvalue weighted by molar-refractivity contribution is 0.626. The summed E-state index contributed by atoms with van der Waals surface area (Å²) in [4.78, 5) is 4.23. The van der Waals surface area contributed by atoms with Gasteiger partial charge in [0.1, 0.15) is 11.0 Å². The molecule has 1 N–H and O–H groups in total. The first-order chi connectivity index (χ1) is 9.13. The van der Waals surface area contributed by atoms with Crippen molar-refractivity contribution >= 4 is 17.3 Å². The Kier molecular flexibility index (Phi) is 3.15. The van der Waals surface area contributed by atoms with Crippen LogP contribution < -0.4 is 5.32 Å². The molecule has 0 saturated carbocycles. The number of aromatic nitrogens is 1. The Bertz CT molecular complexity index is 628. The van der Waals surface area contributed by atoms with Gasteiger partial charge in [-0.05, 0) is 55.2 Å². The maximum Gasteiger partial charge on any atom is 0.129 e. The number of rotatable bonds is 2. The molecular weight excluding hydrogens is 263 g/mol. The fourth-order valence-electron chi connectivity index (χ4n) is 2.61. The quantitative estimate of drug-likeness (QED) is 0.828. The average Bonchev–Trinajstić information content (AvgIpc) is 2.75. The summed E-state index contributed by atoms with van der Waals surface area (Å²) in [5.41, 5.74) is 4.13. The molecule has 1 aromatic carbocycles. The summed E-state index contributed by atoms with van der Waals surface area (Å²) in [6, 6.07) is 8.95. The van der Waals surface area contributed by atoms with Crippen molar-refractivity contribution in [2.24, 2.45) is 0 Å². The molecule has 0 saturated heterocycles. The van der Waals surface area contributed by atoms with Gasteiger partial charge in [-0.15, -0.1) is 0 Å². The molecule has 2 aromatic rings. The van der Waals surface area contributed by atoms with Gasteiger partial charge in [0.05, 0.1) is 17.4 Å². The number of pyridine rings is 1. The van der Waals surface area contributed by atoms with Crippen molar-refractivity contribution in [2.75, 3.05) is 5.32 Å². The zero-order chi connectivity index (χ0) is 13.4. The maximum atomic E-state index is 13.2. The SMILES string of the molecule is Cc1nc(Cl)ccc1NC1CCc2cc(F)ccc21. The van der Waals surface area contributed by atoms with Gasteiger partial charge in [-0.3, -0.25) is 0 Å². The highest BCUT2D eigenvalue weighted by Crippen LogP contribution is 2.34. The van der Waals surface area contributed by atoms with E-state index < -0.39 is 0 Å². The molecule has 0 amide bonds. The smallest absolute Gasteiger partial charge is 0.129 e. The van der Waals surface area contributed by atoms with E-state index in [-0.39, 0.29) is 11.9 Å². The summed E-state index contributed by atoms with van der Waals surface area (Å²) >= 11 is 5.85. The maximum absolute atomic E-state index is 13.2. The topological polar surface area (TPSA) is 24.9 Å². The fourth-order valence-corrected chi connectivity index (χ4v) is 2.80. The van der Waals surface area contributed by atoms with E-state index in [0.717, 1.165) is 29.8 Å². The van der Waals surface area contributed by atoms with Crippen LogP contribution in [0.4, 0.5) is 10.1 Å². The third-order valence-corrected chi connectivity index (χ3v) is 3.77. The molecular formula is C15H14ClFN2. The third kappa shape index (κ3) is 2.43. The van der Waals surface area contributed by atoms with Crippen molar-refractivity contribution in [1.29, 1.82) is 0 Å². The summed E-state index contributed by atoms with van der Waals surface area (Å²) in [7, 11) is 0. The van der Waals surface area contributed by atoms with E-state index in [1.807, 2.05) is 19.1 Å². The van der Waals surface area contributed by atoms with Crippen LogP contribution in [-0.2, 0) is 6.42 Å². The van der Waals surface area contributed by atoms with Crippen molar-refractivity contribution in [3.05, 3.63) is 58.1 Å². The summed E-state index contributed by atoms with van der Waals surface area (Å²) in [5, 5.41) is 3.97. The van der Waals surface area contributed by atoms with Crippen molar-refractivity contribution in [3.63, 3.8) is 0 Å². The van der Waals surface area contributed by atoms with Gasteiger partial charge in [-0.2, -0.15) is 0 Å². The van der Waals surface area contributed by atoms with Crippen molar-refractivity contribution < 1.29 is 4.39 Å². The Morgan fingerprint density at radius 1 is 1.32 bits per heavy atom. The van der Waals surface area contributed by atoms with Crippen LogP contribution in [0.5, 0.6) is 0 Å². The number of benzene rings is 1. The Morgan fingerprint density at radius 3 is 2.95 bits per heavy atom. The standard InChI is InChI=1S/C15H14ClFN2/c1-9-13(6-7-15(16)18-9)19-14-5-2-10-8-11(17)3-4-12(10)14/h3-4,6-8,14,19H,2,5H2,1H3. The lowest BCUT2D eigenvalue weighted by Crippen LogP contribution is -2.08. The second-order valence-electron chi connectivity index (χ2n) is 4.85. The molecule has 19 heavy (non-hydrogen) atoms. The van der Waals surface area contributed by atoms with E-state index in [2.05, 4.69) is 10.3 Å². The molecule has 1 aliphatic carbocycles. The molecule has 0 fully saturated rings. The highest BCUT2D eigenvalue weighted by atomic mass is 35.5. The Hall–Kier alpha value is -1.61. The summed E-state index contributed by atoms with van der Waals surface area (Å²) in [6.07, 6.45) is 1.88. The van der Waals surface area contributed by atoms with E-state index in [0.29, 0.717) is 5.15 Å². The van der Waals surface area contributed by atoms with Crippen molar-refractivity contribution in [3.8, 4) is 0 Å². The van der Waals surface area contributed by atoms with Gasteiger partial charge < -0.3 is 5.32 Å². The van der Waals surface area contributed by atoms with Gasteiger partial charge in [-0.25, -0.2) is 9.37 Å². The van der Waals surface area contributed by atoms with E-state index in [4.69, 9.17) is 11.6 Å². The van der Waals surface area contributed by atoms with Crippen LogP contribution in [0.2, 0.25) is 5.15 Å². The molecule has 0 bridgehead atoms. The molecule has 2 nitrogen and oxygen atoms in total. The number of hydrogen-bond acceptors (Lipinski definition) is 2. The monoisotopic (exact) mass is 276 g/mol. The zero-order valence-electron chi connectivity index (χ0n) is 10.6. The van der Waals surface area contributed by atoms with E-state index >= 15 is 0 Å². The summed E-state index contributed by atoms with van der Waals surface area (Å²) in [5.74, 6) is -0.163. The molecule has 1 aliphatic rings. The fraction of sp³-hybridized carbons (Fsp3) is 0.267. The first kappa shape index (κ1) is 12.4. The van der Waals surface area contributed by atoms with Crippen LogP contribution in [-0.4, -0.2) is 4.98 Å². The number of halogens is 2. The molecule has 4 heteroatoms. The van der Waals surface area contributed by atoms with Gasteiger partial charge >= 0.3 is 0 Å². The number of fused-ring (bicyclic) bond motifs is 1. The minimum atomic E-state index is -0.163. The normalized spacial score (nSPS) is 17.3. The van der Waals surface area contributed by atoms with Crippen LogP contribution in [0.1, 0.15) is 29.3 Å². The highest BCUT2D eigenvalue weighted by Gasteiger charge is 2.23. The van der Waals surface area contributed by atoms with Crippen LogP contribution in [0, 0.1) is 12.7 Å². The summed E-state index contributed by atoms with van der Waals surface area (Å²) in [6.45, 7) is 1.93. The molecule has 1 heterocycles. The first-order valence-corrected chi connectivity index (χ1v) is 6.69. The zero-order valence-corrected chi connectivity index (χ0v) is 11.3. The predicted molar refractivity (Wildman–Crippen MR) is 75.1 cm³/mol. The molecule has 1 atom stereocenters. The van der Waals surface area contributed by atoms with E-state index in [1.54, 1.807) is 12.1 Å². The Balaban J connectivity index is 1.86. The summed E-state index contributed by atoms with van der Waals surface area (Å²) < 4.78 is 13.2. The molecule has 3 rings (SSSR count). The number of aryl methyl sites for hydroxylation is 2. The average molecular weight is 277 g/mol. The third-order valence-electron chi connectivity index (χ3n) is 3.56. The predicted octanol–water partition coefficient (Wildman–Crippen LogP) is 4.28. The number of anilines is 1. The van der Waals surface area contributed by atoms with Crippen LogP contribution in [0.15, 0.2) is 30.3 Å². The van der Waals surface area contributed by atoms with Gasteiger partial charge in [0.15, 0.2) is 0 Å².